The van der Waals surface area contributed by atoms with Crippen LogP contribution in [0.5, 0.6) is 0 Å². The Balaban J connectivity index is 1.60. The van der Waals surface area contributed by atoms with Crippen molar-refractivity contribution in [1.82, 2.24) is 10.2 Å². The Labute approximate surface area is 102 Å². The largest absolute Gasteiger partial charge is 0.481 e. The number of carboxylic acids is 1. The molecule has 0 bridgehead atoms. The van der Waals surface area contributed by atoms with Gasteiger partial charge in [-0.3, -0.25) is 9.69 Å². The fourth-order valence-corrected chi connectivity index (χ4v) is 2.46. The summed E-state index contributed by atoms with van der Waals surface area (Å²) in [6.07, 6.45) is 2.71. The molecule has 1 heterocycles. The molecular formula is C12H22N2O3. The number of morpholine rings is 1. The van der Waals surface area contributed by atoms with Gasteiger partial charge in [-0.25, -0.2) is 0 Å². The zero-order chi connectivity index (χ0) is 12.1. The van der Waals surface area contributed by atoms with Gasteiger partial charge in [0, 0.05) is 32.7 Å². The molecule has 0 unspecified atom stereocenters. The number of ether oxygens (including phenoxy) is 1. The standard InChI is InChI=1S/C12H22N2O3/c15-11(16)12(2-1-3-12)10-13-4-5-14-6-8-17-9-7-14/h13H,1-10H2,(H,15,16). The lowest BCUT2D eigenvalue weighted by molar-refractivity contribution is -0.154. The molecule has 1 saturated carbocycles. The Morgan fingerprint density at radius 3 is 2.59 bits per heavy atom. The van der Waals surface area contributed by atoms with Crippen LogP contribution in [-0.4, -0.2) is 61.9 Å². The van der Waals surface area contributed by atoms with Gasteiger partial charge in [0.15, 0.2) is 0 Å². The predicted octanol–water partition coefficient (Wildman–Crippen LogP) is 0.163. The maximum Gasteiger partial charge on any atom is 0.310 e. The summed E-state index contributed by atoms with van der Waals surface area (Å²) in [6, 6.07) is 0. The average molecular weight is 242 g/mol. The van der Waals surface area contributed by atoms with Crippen molar-refractivity contribution in [1.29, 1.82) is 0 Å². The zero-order valence-electron chi connectivity index (χ0n) is 10.3. The molecule has 0 spiro atoms. The van der Waals surface area contributed by atoms with Crippen LogP contribution < -0.4 is 5.32 Å². The molecule has 1 aliphatic heterocycles. The molecule has 0 radical (unpaired) electrons. The second-order valence-corrected chi connectivity index (χ2v) is 5.07. The third kappa shape index (κ3) is 3.18. The van der Waals surface area contributed by atoms with E-state index in [1.165, 1.54) is 0 Å². The summed E-state index contributed by atoms with van der Waals surface area (Å²) in [5, 5.41) is 12.5. The van der Waals surface area contributed by atoms with Gasteiger partial charge in [-0.1, -0.05) is 6.42 Å². The molecule has 0 amide bonds. The summed E-state index contributed by atoms with van der Waals surface area (Å²) in [5.41, 5.74) is -0.467. The van der Waals surface area contributed by atoms with E-state index in [4.69, 9.17) is 9.84 Å². The number of hydrogen-bond acceptors (Lipinski definition) is 4. The Kier molecular flexibility index (Phi) is 4.36. The molecule has 17 heavy (non-hydrogen) atoms. The molecule has 2 aliphatic rings. The second kappa shape index (κ2) is 5.80. The van der Waals surface area contributed by atoms with E-state index in [2.05, 4.69) is 10.2 Å². The van der Waals surface area contributed by atoms with Crippen molar-refractivity contribution in [2.75, 3.05) is 45.9 Å². The highest BCUT2D eigenvalue weighted by molar-refractivity contribution is 5.76. The van der Waals surface area contributed by atoms with Crippen molar-refractivity contribution in [2.24, 2.45) is 5.41 Å². The van der Waals surface area contributed by atoms with Crippen LogP contribution in [0.3, 0.4) is 0 Å². The first kappa shape index (κ1) is 12.8. The number of nitrogens with one attached hydrogen (secondary N) is 1. The first-order valence-corrected chi connectivity index (χ1v) is 6.47. The van der Waals surface area contributed by atoms with Gasteiger partial charge in [0.2, 0.25) is 0 Å². The van der Waals surface area contributed by atoms with Crippen molar-refractivity contribution >= 4 is 5.97 Å². The van der Waals surface area contributed by atoms with Crippen LogP contribution in [0.25, 0.3) is 0 Å². The lowest BCUT2D eigenvalue weighted by Crippen LogP contribution is -2.48. The number of carbonyl (C=O) groups is 1. The molecule has 98 valence electrons. The predicted molar refractivity (Wildman–Crippen MR) is 64.0 cm³/mol. The average Bonchev–Trinajstić information content (AvgIpc) is 2.27. The Morgan fingerprint density at radius 1 is 1.35 bits per heavy atom. The first-order valence-electron chi connectivity index (χ1n) is 6.47. The number of hydrogen-bond donors (Lipinski definition) is 2. The van der Waals surface area contributed by atoms with Crippen LogP contribution in [0.15, 0.2) is 0 Å². The minimum Gasteiger partial charge on any atom is -0.481 e. The highest BCUT2D eigenvalue weighted by Crippen LogP contribution is 2.40. The number of aliphatic carboxylic acids is 1. The maximum absolute atomic E-state index is 11.1. The van der Waals surface area contributed by atoms with Gasteiger partial charge >= 0.3 is 5.97 Å². The summed E-state index contributed by atoms with van der Waals surface area (Å²) in [6.45, 7) is 6.09. The van der Waals surface area contributed by atoms with Gasteiger partial charge in [0.1, 0.15) is 0 Å². The first-order chi connectivity index (χ1) is 8.23. The Bertz CT molecular complexity index is 260. The van der Waals surface area contributed by atoms with Gasteiger partial charge in [-0.2, -0.15) is 0 Å². The molecule has 1 aliphatic carbocycles. The summed E-state index contributed by atoms with van der Waals surface area (Å²) in [7, 11) is 0. The van der Waals surface area contributed by atoms with E-state index in [0.717, 1.165) is 58.7 Å². The van der Waals surface area contributed by atoms with E-state index in [1.807, 2.05) is 0 Å². The van der Waals surface area contributed by atoms with Gasteiger partial charge in [0.25, 0.3) is 0 Å². The van der Waals surface area contributed by atoms with Crippen LogP contribution in [-0.2, 0) is 9.53 Å². The molecule has 0 atom stereocenters. The molecule has 0 aromatic carbocycles. The van der Waals surface area contributed by atoms with Crippen molar-refractivity contribution in [3.63, 3.8) is 0 Å². The molecule has 2 rings (SSSR count). The highest BCUT2D eigenvalue weighted by Gasteiger charge is 2.43. The molecule has 1 saturated heterocycles. The quantitative estimate of drug-likeness (QED) is 0.650. The van der Waals surface area contributed by atoms with Gasteiger partial charge < -0.3 is 15.2 Å². The van der Waals surface area contributed by atoms with E-state index in [1.54, 1.807) is 0 Å². The summed E-state index contributed by atoms with van der Waals surface area (Å²) >= 11 is 0. The molecule has 0 aromatic heterocycles. The molecule has 2 fully saturated rings. The fourth-order valence-electron chi connectivity index (χ4n) is 2.46. The summed E-state index contributed by atoms with van der Waals surface area (Å²) in [5.74, 6) is -0.636. The SMILES string of the molecule is O=C(O)C1(CNCCN2CCOCC2)CCC1. The Hall–Kier alpha value is -0.650. The molecular weight excluding hydrogens is 220 g/mol. The van der Waals surface area contributed by atoms with E-state index in [9.17, 15) is 4.79 Å². The highest BCUT2D eigenvalue weighted by atomic mass is 16.5. The lowest BCUT2D eigenvalue weighted by atomic mass is 9.69. The Morgan fingerprint density at radius 2 is 2.06 bits per heavy atom. The normalized spacial score (nSPS) is 24.2. The minimum absolute atomic E-state index is 0.467. The number of carboxylic acid groups (broad SMARTS) is 1. The molecule has 0 aromatic rings. The summed E-state index contributed by atoms with van der Waals surface area (Å²) < 4.78 is 5.28. The van der Waals surface area contributed by atoms with Gasteiger partial charge in [-0.15, -0.1) is 0 Å². The number of rotatable bonds is 6. The maximum atomic E-state index is 11.1. The molecule has 5 heteroatoms. The second-order valence-electron chi connectivity index (χ2n) is 5.07. The fraction of sp³-hybridized carbons (Fsp3) is 0.917. The van der Waals surface area contributed by atoms with Crippen molar-refractivity contribution in [2.45, 2.75) is 19.3 Å². The van der Waals surface area contributed by atoms with Crippen molar-refractivity contribution < 1.29 is 14.6 Å². The van der Waals surface area contributed by atoms with Crippen LogP contribution >= 0.6 is 0 Å². The van der Waals surface area contributed by atoms with E-state index in [-0.39, 0.29) is 0 Å². The molecule has 2 N–H and O–H groups in total. The topological polar surface area (TPSA) is 61.8 Å². The van der Waals surface area contributed by atoms with E-state index < -0.39 is 11.4 Å². The lowest BCUT2D eigenvalue weighted by Gasteiger charge is -2.38. The van der Waals surface area contributed by atoms with E-state index in [0.29, 0.717) is 6.54 Å². The van der Waals surface area contributed by atoms with Crippen LogP contribution in [0.2, 0.25) is 0 Å². The zero-order valence-corrected chi connectivity index (χ0v) is 10.3. The van der Waals surface area contributed by atoms with Crippen molar-refractivity contribution in [3.8, 4) is 0 Å². The van der Waals surface area contributed by atoms with Gasteiger partial charge in [-0.05, 0) is 12.8 Å². The molecule has 5 nitrogen and oxygen atoms in total. The van der Waals surface area contributed by atoms with Crippen LogP contribution in [0.1, 0.15) is 19.3 Å². The number of nitrogens with zero attached hydrogens (tertiary/aromatic N) is 1. The van der Waals surface area contributed by atoms with Crippen LogP contribution in [0, 0.1) is 5.41 Å². The smallest absolute Gasteiger partial charge is 0.310 e. The van der Waals surface area contributed by atoms with Gasteiger partial charge in [0.05, 0.1) is 18.6 Å². The van der Waals surface area contributed by atoms with Crippen LogP contribution in [0.4, 0.5) is 0 Å². The third-order valence-corrected chi connectivity index (χ3v) is 3.94. The summed E-state index contributed by atoms with van der Waals surface area (Å²) in [4.78, 5) is 13.5. The van der Waals surface area contributed by atoms with E-state index >= 15 is 0 Å². The minimum atomic E-state index is -0.636. The monoisotopic (exact) mass is 242 g/mol. The van der Waals surface area contributed by atoms with Crippen molar-refractivity contribution in [3.05, 3.63) is 0 Å². The third-order valence-electron chi connectivity index (χ3n) is 3.94.